The third kappa shape index (κ3) is 7.33. The Morgan fingerprint density at radius 3 is 2.47 bits per heavy atom. The van der Waals surface area contributed by atoms with E-state index in [1.165, 1.54) is 26.4 Å². The fourth-order valence-electron chi connectivity index (χ4n) is 1.26. The predicted octanol–water partition coefficient (Wildman–Crippen LogP) is 1.47. The molecule has 0 radical (unpaired) electrons. The number of esters is 1. The lowest BCUT2D eigenvalue weighted by Gasteiger charge is -2.11. The van der Waals surface area contributed by atoms with E-state index in [-0.39, 0.29) is 12.5 Å². The summed E-state index contributed by atoms with van der Waals surface area (Å²) in [6.07, 6.45) is 5.10. The van der Waals surface area contributed by atoms with Gasteiger partial charge in [0.15, 0.2) is 6.10 Å². The smallest absolute Gasteiger partial charge is 0.336 e. The van der Waals surface area contributed by atoms with Crippen molar-refractivity contribution in [3.63, 3.8) is 0 Å². The van der Waals surface area contributed by atoms with Crippen LogP contribution < -0.4 is 5.73 Å². The summed E-state index contributed by atoms with van der Waals surface area (Å²) in [6.45, 7) is 2.82. The summed E-state index contributed by atoms with van der Waals surface area (Å²) in [7, 11) is 1.46. The van der Waals surface area contributed by atoms with Crippen LogP contribution in [-0.4, -0.2) is 32.3 Å². The molecule has 0 saturated heterocycles. The second-order valence-electron chi connectivity index (χ2n) is 3.54. The summed E-state index contributed by atoms with van der Waals surface area (Å²) in [6, 6.07) is 0. The first kappa shape index (κ1) is 14.4. The van der Waals surface area contributed by atoms with Crippen LogP contribution in [0.5, 0.6) is 0 Å². The summed E-state index contributed by atoms with van der Waals surface area (Å²) in [4.78, 5) is 11.3. The van der Waals surface area contributed by atoms with E-state index in [0.717, 1.165) is 12.8 Å². The van der Waals surface area contributed by atoms with Gasteiger partial charge in [0.2, 0.25) is 0 Å². The van der Waals surface area contributed by atoms with Crippen molar-refractivity contribution in [2.45, 2.75) is 45.1 Å². The van der Waals surface area contributed by atoms with E-state index in [9.17, 15) is 4.79 Å². The third-order valence-electron chi connectivity index (χ3n) is 2.25. The Hall–Kier alpha value is -0.610. The Labute approximate surface area is 92.1 Å². The van der Waals surface area contributed by atoms with Gasteiger partial charge in [-0.25, -0.2) is 4.79 Å². The lowest BCUT2D eigenvalue weighted by molar-refractivity contribution is -0.154. The third-order valence-corrected chi connectivity index (χ3v) is 2.25. The largest absolute Gasteiger partial charge is 0.464 e. The number of unbranched alkanes of at least 4 members (excludes halogenated alkanes) is 4. The normalized spacial score (nSPS) is 12.5. The van der Waals surface area contributed by atoms with Crippen LogP contribution in [-0.2, 0) is 14.3 Å². The fourth-order valence-corrected chi connectivity index (χ4v) is 1.26. The van der Waals surface area contributed by atoms with Gasteiger partial charge >= 0.3 is 5.97 Å². The number of carbonyl (C=O) groups is 1. The van der Waals surface area contributed by atoms with Crippen molar-refractivity contribution in [1.82, 2.24) is 0 Å². The van der Waals surface area contributed by atoms with Gasteiger partial charge in [-0.15, -0.1) is 0 Å². The molecule has 0 rings (SSSR count). The maximum absolute atomic E-state index is 11.3. The Kier molecular flexibility index (Phi) is 9.52. The lowest BCUT2D eigenvalue weighted by Crippen LogP contribution is -2.33. The van der Waals surface area contributed by atoms with E-state index in [1.54, 1.807) is 0 Å². The van der Waals surface area contributed by atoms with Gasteiger partial charge in [-0.3, -0.25) is 0 Å². The van der Waals surface area contributed by atoms with E-state index >= 15 is 0 Å². The van der Waals surface area contributed by atoms with Crippen molar-refractivity contribution in [3.05, 3.63) is 0 Å². The van der Waals surface area contributed by atoms with Crippen LogP contribution in [0.15, 0.2) is 0 Å². The second-order valence-corrected chi connectivity index (χ2v) is 3.54. The molecule has 0 aliphatic rings. The summed E-state index contributed by atoms with van der Waals surface area (Å²) in [5.41, 5.74) is 5.33. The molecule has 0 aromatic heterocycles. The number of methoxy groups -OCH3 is 1. The Balaban J connectivity index is 3.38. The van der Waals surface area contributed by atoms with Gasteiger partial charge in [0.25, 0.3) is 0 Å². The highest BCUT2D eigenvalue weighted by molar-refractivity contribution is 5.74. The van der Waals surface area contributed by atoms with Gasteiger partial charge in [0, 0.05) is 13.7 Å². The zero-order valence-electron chi connectivity index (χ0n) is 9.83. The summed E-state index contributed by atoms with van der Waals surface area (Å²) in [5, 5.41) is 0. The van der Waals surface area contributed by atoms with Crippen LogP contribution in [0.2, 0.25) is 0 Å². The molecule has 0 aliphatic heterocycles. The van der Waals surface area contributed by atoms with E-state index in [4.69, 9.17) is 15.2 Å². The van der Waals surface area contributed by atoms with Crippen molar-refractivity contribution in [2.75, 3.05) is 20.3 Å². The molecule has 0 spiro atoms. The van der Waals surface area contributed by atoms with Crippen LogP contribution >= 0.6 is 0 Å². The Morgan fingerprint density at radius 1 is 1.27 bits per heavy atom. The molecular weight excluding hydrogens is 194 g/mol. The first-order valence-corrected chi connectivity index (χ1v) is 5.65. The van der Waals surface area contributed by atoms with Crippen LogP contribution in [0.3, 0.4) is 0 Å². The van der Waals surface area contributed by atoms with Gasteiger partial charge < -0.3 is 15.2 Å². The van der Waals surface area contributed by atoms with Crippen molar-refractivity contribution in [1.29, 1.82) is 0 Å². The van der Waals surface area contributed by atoms with Gasteiger partial charge in [-0.05, 0) is 6.42 Å². The Morgan fingerprint density at radius 2 is 1.93 bits per heavy atom. The standard InChI is InChI=1S/C11H23NO3/c1-3-4-5-6-7-8-15-11(13)10(9-12)14-2/h10H,3-9,12H2,1-2H3. The van der Waals surface area contributed by atoms with E-state index in [1.807, 2.05) is 0 Å². The quantitative estimate of drug-likeness (QED) is 0.469. The number of hydrogen-bond acceptors (Lipinski definition) is 4. The molecule has 4 heteroatoms. The predicted molar refractivity (Wildman–Crippen MR) is 59.6 cm³/mol. The van der Waals surface area contributed by atoms with Crippen molar-refractivity contribution >= 4 is 5.97 Å². The number of nitrogens with two attached hydrogens (primary N) is 1. The molecule has 1 unspecified atom stereocenters. The average molecular weight is 217 g/mol. The van der Waals surface area contributed by atoms with Crippen molar-refractivity contribution in [3.8, 4) is 0 Å². The second kappa shape index (κ2) is 9.93. The molecule has 0 aromatic carbocycles. The molecule has 90 valence electrons. The maximum atomic E-state index is 11.3. The maximum Gasteiger partial charge on any atom is 0.336 e. The summed E-state index contributed by atoms with van der Waals surface area (Å²) >= 11 is 0. The van der Waals surface area contributed by atoms with E-state index in [0.29, 0.717) is 6.61 Å². The van der Waals surface area contributed by atoms with Crippen molar-refractivity contribution < 1.29 is 14.3 Å². The average Bonchev–Trinajstić information content (AvgIpc) is 2.25. The zero-order valence-corrected chi connectivity index (χ0v) is 9.83. The molecule has 15 heavy (non-hydrogen) atoms. The fraction of sp³-hybridized carbons (Fsp3) is 0.909. The van der Waals surface area contributed by atoms with E-state index in [2.05, 4.69) is 6.92 Å². The molecule has 0 fully saturated rings. The SMILES string of the molecule is CCCCCCCOC(=O)C(CN)OC. The lowest BCUT2D eigenvalue weighted by atomic mass is 10.2. The minimum atomic E-state index is -0.611. The highest BCUT2D eigenvalue weighted by Crippen LogP contribution is 2.03. The molecule has 4 nitrogen and oxygen atoms in total. The van der Waals surface area contributed by atoms with Crippen molar-refractivity contribution in [2.24, 2.45) is 5.73 Å². The zero-order chi connectivity index (χ0) is 11.5. The topological polar surface area (TPSA) is 61.5 Å². The Bertz CT molecular complexity index is 158. The van der Waals surface area contributed by atoms with Gasteiger partial charge in [-0.2, -0.15) is 0 Å². The van der Waals surface area contributed by atoms with Crippen LogP contribution in [0, 0.1) is 0 Å². The van der Waals surface area contributed by atoms with E-state index < -0.39 is 6.10 Å². The molecule has 0 bridgehead atoms. The number of rotatable bonds is 9. The number of hydrogen-bond donors (Lipinski definition) is 1. The molecule has 2 N–H and O–H groups in total. The van der Waals surface area contributed by atoms with Gasteiger partial charge in [0.1, 0.15) is 0 Å². The van der Waals surface area contributed by atoms with Crippen LogP contribution in [0.1, 0.15) is 39.0 Å². The first-order chi connectivity index (χ1) is 7.26. The monoisotopic (exact) mass is 217 g/mol. The highest BCUT2D eigenvalue weighted by Gasteiger charge is 2.16. The molecular formula is C11H23NO3. The molecule has 1 atom stereocenters. The molecule has 0 saturated carbocycles. The van der Waals surface area contributed by atoms with Crippen LogP contribution in [0.25, 0.3) is 0 Å². The molecule has 0 aromatic rings. The molecule has 0 aliphatic carbocycles. The number of ether oxygens (including phenoxy) is 2. The minimum absolute atomic E-state index is 0.172. The highest BCUT2D eigenvalue weighted by atomic mass is 16.6. The molecule has 0 amide bonds. The minimum Gasteiger partial charge on any atom is -0.464 e. The first-order valence-electron chi connectivity index (χ1n) is 5.65. The van der Waals surface area contributed by atoms with Gasteiger partial charge in [0.05, 0.1) is 6.61 Å². The van der Waals surface area contributed by atoms with Crippen LogP contribution in [0.4, 0.5) is 0 Å². The number of carbonyl (C=O) groups excluding carboxylic acids is 1. The molecule has 0 heterocycles. The summed E-state index contributed by atoms with van der Waals surface area (Å²) < 4.78 is 9.88. The van der Waals surface area contributed by atoms with Gasteiger partial charge in [-0.1, -0.05) is 32.6 Å². The summed E-state index contributed by atoms with van der Waals surface area (Å²) in [5.74, 6) is -0.351.